The minimum Gasteiger partial charge on any atom is -0.507 e. The smallest absolute Gasteiger partial charge is 0.348 e. The number of phenols is 2. The van der Waals surface area contributed by atoms with Gasteiger partial charge in [0, 0.05) is 13.1 Å². The van der Waals surface area contributed by atoms with Crippen molar-refractivity contribution in [3.8, 4) is 28.6 Å². The van der Waals surface area contributed by atoms with Crippen molar-refractivity contribution >= 4 is 10.0 Å². The molecule has 0 aliphatic rings. The van der Waals surface area contributed by atoms with Gasteiger partial charge in [0.15, 0.2) is 5.82 Å². The van der Waals surface area contributed by atoms with Gasteiger partial charge >= 0.3 is 5.69 Å². The summed E-state index contributed by atoms with van der Waals surface area (Å²) in [7, 11) is -2.85. The number of sulfonamides is 1. The van der Waals surface area contributed by atoms with Gasteiger partial charge < -0.3 is 14.6 Å². The highest BCUT2D eigenvalue weighted by Gasteiger charge is 2.28. The quantitative estimate of drug-likeness (QED) is 0.404. The Labute approximate surface area is 183 Å². The van der Waals surface area contributed by atoms with E-state index in [9.17, 15) is 23.4 Å². The van der Waals surface area contributed by atoms with Crippen LogP contribution in [0.25, 0.3) is 17.1 Å². The van der Waals surface area contributed by atoms with Gasteiger partial charge in [-0.1, -0.05) is 18.2 Å². The van der Waals surface area contributed by atoms with Crippen LogP contribution in [0.2, 0.25) is 0 Å². The number of aromatic amines is 1. The maximum Gasteiger partial charge on any atom is 0.348 e. The first-order chi connectivity index (χ1) is 15.2. The van der Waals surface area contributed by atoms with E-state index >= 15 is 0 Å². The molecule has 4 rings (SSSR count). The molecule has 0 aliphatic heterocycles. The third-order valence-corrected chi connectivity index (χ3v) is 6.83. The average Bonchev–Trinajstić information content (AvgIpc) is 3.38. The standard InChI is InChI=1S/C21H20N4O6S/c1-13-6-3-4-8-16(13)25-20(22-23-21(25)28)15-10-19(18(27)11-17(15)26)32(29,30)24(2)12-14-7-5-9-31-14/h3-11,26-27H,12H2,1-2H3,(H,23,28). The Morgan fingerprint density at radius 3 is 2.56 bits per heavy atom. The van der Waals surface area contributed by atoms with Crippen LogP contribution in [-0.2, 0) is 16.6 Å². The van der Waals surface area contributed by atoms with Crippen LogP contribution in [-0.4, -0.2) is 44.7 Å². The molecule has 0 bridgehead atoms. The summed E-state index contributed by atoms with van der Waals surface area (Å²) in [6.45, 7) is 1.73. The first-order valence-electron chi connectivity index (χ1n) is 9.48. The number of nitrogens with one attached hydrogen (secondary N) is 1. The Morgan fingerprint density at radius 2 is 1.88 bits per heavy atom. The third-order valence-electron chi connectivity index (χ3n) is 4.99. The summed E-state index contributed by atoms with van der Waals surface area (Å²) in [4.78, 5) is 12.0. The highest BCUT2D eigenvalue weighted by Crippen LogP contribution is 2.37. The van der Waals surface area contributed by atoms with Crippen molar-refractivity contribution in [3.05, 3.63) is 76.6 Å². The van der Waals surface area contributed by atoms with Crippen LogP contribution in [0.4, 0.5) is 0 Å². The van der Waals surface area contributed by atoms with Crippen LogP contribution in [0.3, 0.4) is 0 Å². The molecule has 0 fully saturated rings. The number of nitrogens with zero attached hydrogens (tertiary/aromatic N) is 3. The SMILES string of the molecule is Cc1ccccc1-n1c(-c2cc(S(=O)(=O)N(C)Cc3ccco3)c(O)cc2O)n[nH]c1=O. The zero-order valence-electron chi connectivity index (χ0n) is 17.2. The Balaban J connectivity index is 1.85. The molecule has 0 amide bonds. The van der Waals surface area contributed by atoms with E-state index in [1.54, 1.807) is 43.3 Å². The van der Waals surface area contributed by atoms with E-state index in [4.69, 9.17) is 4.42 Å². The molecule has 4 aromatic rings. The van der Waals surface area contributed by atoms with Crippen molar-refractivity contribution in [2.45, 2.75) is 18.4 Å². The molecule has 32 heavy (non-hydrogen) atoms. The number of furan rings is 1. The summed E-state index contributed by atoms with van der Waals surface area (Å²) < 4.78 is 33.7. The molecule has 0 spiro atoms. The lowest BCUT2D eigenvalue weighted by atomic mass is 10.1. The van der Waals surface area contributed by atoms with Gasteiger partial charge in [0.1, 0.15) is 22.2 Å². The van der Waals surface area contributed by atoms with E-state index in [0.29, 0.717) is 11.4 Å². The molecule has 11 heteroatoms. The van der Waals surface area contributed by atoms with Gasteiger partial charge in [-0.2, -0.15) is 9.40 Å². The molecule has 0 saturated carbocycles. The lowest BCUT2D eigenvalue weighted by Gasteiger charge is -2.18. The molecule has 0 unspecified atom stereocenters. The number of rotatable bonds is 6. The van der Waals surface area contributed by atoms with Crippen molar-refractivity contribution < 1.29 is 23.0 Å². The Bertz CT molecular complexity index is 1440. The normalized spacial score (nSPS) is 11.8. The summed E-state index contributed by atoms with van der Waals surface area (Å²) in [5.74, 6) is -0.677. The van der Waals surface area contributed by atoms with Gasteiger partial charge in [-0.15, -0.1) is 0 Å². The monoisotopic (exact) mass is 456 g/mol. The van der Waals surface area contributed by atoms with Gasteiger partial charge in [0.05, 0.1) is 24.1 Å². The summed E-state index contributed by atoms with van der Waals surface area (Å²) in [5, 5.41) is 27.1. The largest absolute Gasteiger partial charge is 0.507 e. The van der Waals surface area contributed by atoms with E-state index in [2.05, 4.69) is 10.2 Å². The van der Waals surface area contributed by atoms with Crippen LogP contribution in [0, 0.1) is 6.92 Å². The molecule has 166 valence electrons. The highest BCUT2D eigenvalue weighted by atomic mass is 32.2. The summed E-state index contributed by atoms with van der Waals surface area (Å²) in [6, 6.07) is 12.3. The number of hydrogen-bond acceptors (Lipinski definition) is 7. The van der Waals surface area contributed by atoms with Gasteiger partial charge in [-0.3, -0.25) is 0 Å². The summed E-state index contributed by atoms with van der Waals surface area (Å²) in [5.41, 5.74) is 0.658. The number of hydrogen-bond donors (Lipinski definition) is 3. The molecule has 0 radical (unpaired) electrons. The number of para-hydroxylation sites is 1. The summed E-state index contributed by atoms with van der Waals surface area (Å²) >= 11 is 0. The third kappa shape index (κ3) is 3.67. The number of benzene rings is 2. The lowest BCUT2D eigenvalue weighted by molar-refractivity contribution is 0.400. The van der Waals surface area contributed by atoms with E-state index < -0.39 is 32.1 Å². The topological polar surface area (TPSA) is 142 Å². The van der Waals surface area contributed by atoms with Crippen LogP contribution in [0.15, 0.2) is 68.9 Å². The maximum atomic E-state index is 13.1. The fourth-order valence-corrected chi connectivity index (χ4v) is 4.56. The lowest BCUT2D eigenvalue weighted by Crippen LogP contribution is -2.26. The van der Waals surface area contributed by atoms with Gasteiger partial charge in [0.25, 0.3) is 0 Å². The van der Waals surface area contributed by atoms with Gasteiger partial charge in [-0.05, 0) is 36.8 Å². The first kappa shape index (κ1) is 21.4. The van der Waals surface area contributed by atoms with Crippen LogP contribution in [0.1, 0.15) is 11.3 Å². The highest BCUT2D eigenvalue weighted by molar-refractivity contribution is 7.89. The molecule has 0 aliphatic carbocycles. The Morgan fingerprint density at radius 1 is 1.12 bits per heavy atom. The average molecular weight is 456 g/mol. The molecular formula is C21H20N4O6S. The fourth-order valence-electron chi connectivity index (χ4n) is 3.33. The Kier molecular flexibility index (Phi) is 5.36. The number of aryl methyl sites for hydroxylation is 1. The first-order valence-corrected chi connectivity index (χ1v) is 10.9. The molecule has 0 saturated heterocycles. The van der Waals surface area contributed by atoms with Crippen molar-refractivity contribution in [2.75, 3.05) is 7.05 Å². The van der Waals surface area contributed by atoms with E-state index in [-0.39, 0.29) is 17.9 Å². The van der Waals surface area contributed by atoms with E-state index in [0.717, 1.165) is 22.0 Å². The minimum absolute atomic E-state index is 0.00747. The number of aromatic hydroxyl groups is 2. The second-order valence-corrected chi connectivity index (χ2v) is 9.17. The van der Waals surface area contributed by atoms with Crippen LogP contribution < -0.4 is 5.69 Å². The maximum absolute atomic E-state index is 13.1. The predicted molar refractivity (Wildman–Crippen MR) is 115 cm³/mol. The molecule has 0 atom stereocenters. The predicted octanol–water partition coefficient (Wildman–Crippen LogP) is 2.36. The minimum atomic E-state index is -4.18. The zero-order valence-corrected chi connectivity index (χ0v) is 18.0. The molecule has 10 nitrogen and oxygen atoms in total. The second-order valence-electron chi connectivity index (χ2n) is 7.15. The van der Waals surface area contributed by atoms with Crippen molar-refractivity contribution in [1.29, 1.82) is 0 Å². The van der Waals surface area contributed by atoms with E-state index in [1.165, 1.54) is 17.9 Å². The van der Waals surface area contributed by atoms with Crippen LogP contribution >= 0.6 is 0 Å². The van der Waals surface area contributed by atoms with E-state index in [1.807, 2.05) is 0 Å². The van der Waals surface area contributed by atoms with Crippen molar-refractivity contribution in [2.24, 2.45) is 0 Å². The number of aromatic nitrogens is 3. The molecule has 2 aromatic carbocycles. The molecule has 2 aromatic heterocycles. The van der Waals surface area contributed by atoms with Crippen molar-refractivity contribution in [3.63, 3.8) is 0 Å². The fraction of sp³-hybridized carbons (Fsp3) is 0.143. The Hall–Kier alpha value is -3.83. The number of H-pyrrole nitrogens is 1. The van der Waals surface area contributed by atoms with Crippen LogP contribution in [0.5, 0.6) is 11.5 Å². The van der Waals surface area contributed by atoms with Gasteiger partial charge in [0.2, 0.25) is 10.0 Å². The zero-order chi connectivity index (χ0) is 23.0. The summed E-state index contributed by atoms with van der Waals surface area (Å²) in [6.07, 6.45) is 1.42. The molecule has 3 N–H and O–H groups in total. The number of phenolic OH excluding ortho intramolecular Hbond substituents is 2. The van der Waals surface area contributed by atoms with Gasteiger partial charge in [-0.25, -0.2) is 22.9 Å². The molecular weight excluding hydrogens is 436 g/mol. The molecule has 2 heterocycles. The second kappa shape index (κ2) is 8.02. The van der Waals surface area contributed by atoms with Crippen molar-refractivity contribution in [1.82, 2.24) is 19.1 Å².